The molecule has 2 N–H and O–H groups in total. The Morgan fingerprint density at radius 1 is 1.33 bits per heavy atom. The Morgan fingerprint density at radius 3 is 2.81 bits per heavy atom. The summed E-state index contributed by atoms with van der Waals surface area (Å²) in [6, 6.07) is 9.19. The Morgan fingerprint density at radius 2 is 2.10 bits per heavy atom. The summed E-state index contributed by atoms with van der Waals surface area (Å²) in [5.74, 6) is 1.64. The number of benzene rings is 1. The van der Waals surface area contributed by atoms with E-state index in [0.29, 0.717) is 29.0 Å². The van der Waals surface area contributed by atoms with E-state index in [2.05, 4.69) is 20.0 Å². The summed E-state index contributed by atoms with van der Waals surface area (Å²) < 4.78 is 15.4. The SMILES string of the molecule is CC[S@@](=O)CCNC(=O)Nc1nc(-c2ccccc2)ns1. The molecule has 0 aliphatic rings. The van der Waals surface area contributed by atoms with Gasteiger partial charge in [0.25, 0.3) is 0 Å². The lowest BCUT2D eigenvalue weighted by Gasteiger charge is -2.04. The highest BCUT2D eigenvalue weighted by Crippen LogP contribution is 2.20. The smallest absolute Gasteiger partial charge is 0.321 e. The van der Waals surface area contributed by atoms with E-state index >= 15 is 0 Å². The minimum absolute atomic E-state index is 0.362. The number of nitrogens with zero attached hydrogens (tertiary/aromatic N) is 2. The van der Waals surface area contributed by atoms with Crippen molar-refractivity contribution >= 4 is 33.5 Å². The molecule has 0 aliphatic carbocycles. The molecule has 0 aliphatic heterocycles. The van der Waals surface area contributed by atoms with Crippen LogP contribution in [0.4, 0.5) is 9.93 Å². The molecule has 2 amide bonds. The van der Waals surface area contributed by atoms with Gasteiger partial charge in [-0.15, -0.1) is 0 Å². The molecule has 0 bridgehead atoms. The minimum Gasteiger partial charge on any atom is -0.337 e. The van der Waals surface area contributed by atoms with Crippen molar-refractivity contribution in [2.75, 3.05) is 23.4 Å². The van der Waals surface area contributed by atoms with E-state index in [-0.39, 0.29) is 6.03 Å². The molecule has 6 nitrogen and oxygen atoms in total. The number of hydrogen-bond acceptors (Lipinski definition) is 5. The lowest BCUT2D eigenvalue weighted by atomic mass is 10.2. The lowest BCUT2D eigenvalue weighted by molar-refractivity contribution is 0.252. The first-order chi connectivity index (χ1) is 10.2. The predicted octanol–water partition coefficient (Wildman–Crippen LogP) is 2.10. The second-order valence-corrected chi connectivity index (χ2v) is 6.72. The highest BCUT2D eigenvalue weighted by Gasteiger charge is 2.09. The number of carbonyl (C=O) groups is 1. The molecule has 0 saturated heterocycles. The Hall–Kier alpha value is -1.80. The number of urea groups is 1. The van der Waals surface area contributed by atoms with E-state index in [9.17, 15) is 9.00 Å². The van der Waals surface area contributed by atoms with Crippen LogP contribution < -0.4 is 10.6 Å². The predicted molar refractivity (Wildman–Crippen MR) is 85.9 cm³/mol. The maximum Gasteiger partial charge on any atom is 0.321 e. The molecular weight excluding hydrogens is 308 g/mol. The highest BCUT2D eigenvalue weighted by molar-refractivity contribution is 7.84. The third-order valence-corrected chi connectivity index (χ3v) is 4.55. The largest absolute Gasteiger partial charge is 0.337 e. The fraction of sp³-hybridized carbons (Fsp3) is 0.308. The van der Waals surface area contributed by atoms with Crippen LogP contribution in [0.2, 0.25) is 0 Å². The monoisotopic (exact) mass is 324 g/mol. The summed E-state index contributed by atoms with van der Waals surface area (Å²) in [5.41, 5.74) is 0.903. The molecular formula is C13H16N4O2S2. The zero-order valence-electron chi connectivity index (χ0n) is 11.5. The molecule has 2 rings (SSSR count). The van der Waals surface area contributed by atoms with Crippen molar-refractivity contribution in [1.29, 1.82) is 0 Å². The summed E-state index contributed by atoms with van der Waals surface area (Å²) in [6.07, 6.45) is 0. The molecule has 1 heterocycles. The Kier molecular flexibility index (Phi) is 5.82. The van der Waals surface area contributed by atoms with Gasteiger partial charge in [-0.3, -0.25) is 9.53 Å². The average Bonchev–Trinajstić information content (AvgIpc) is 2.96. The molecule has 2 aromatic rings. The molecule has 0 spiro atoms. The molecule has 21 heavy (non-hydrogen) atoms. The quantitative estimate of drug-likeness (QED) is 0.852. The van der Waals surface area contributed by atoms with E-state index in [1.165, 1.54) is 0 Å². The van der Waals surface area contributed by atoms with Crippen molar-refractivity contribution in [1.82, 2.24) is 14.7 Å². The fourth-order valence-corrected chi connectivity index (χ4v) is 2.75. The summed E-state index contributed by atoms with van der Waals surface area (Å²) >= 11 is 1.12. The first-order valence-electron chi connectivity index (χ1n) is 6.48. The molecule has 1 aromatic heterocycles. The van der Waals surface area contributed by atoms with Crippen molar-refractivity contribution < 1.29 is 9.00 Å². The standard InChI is InChI=1S/C13H16N4O2S2/c1-2-21(19)9-8-14-12(18)16-13-15-11(17-20-13)10-6-4-3-5-7-10/h3-7H,2,8-9H2,1H3,(H2,14,15,16,17,18)/t21-/m1/s1. The number of rotatable bonds is 6. The van der Waals surface area contributed by atoms with Gasteiger partial charge in [0.2, 0.25) is 5.13 Å². The summed E-state index contributed by atoms with van der Waals surface area (Å²) in [6.45, 7) is 2.22. The van der Waals surface area contributed by atoms with Crippen molar-refractivity contribution in [3.8, 4) is 11.4 Å². The van der Waals surface area contributed by atoms with Gasteiger partial charge in [-0.25, -0.2) is 4.79 Å². The van der Waals surface area contributed by atoms with Crippen LogP contribution in [-0.2, 0) is 10.8 Å². The number of hydrogen-bond donors (Lipinski definition) is 2. The van der Waals surface area contributed by atoms with Crippen LogP contribution in [0, 0.1) is 0 Å². The van der Waals surface area contributed by atoms with Crippen molar-refractivity contribution in [3.63, 3.8) is 0 Å². The van der Waals surface area contributed by atoms with Gasteiger partial charge in [0.15, 0.2) is 5.82 Å². The maximum atomic E-state index is 11.6. The van der Waals surface area contributed by atoms with Crippen LogP contribution >= 0.6 is 11.5 Å². The molecule has 0 saturated carbocycles. The number of aromatic nitrogens is 2. The van der Waals surface area contributed by atoms with Crippen LogP contribution in [0.25, 0.3) is 11.4 Å². The van der Waals surface area contributed by atoms with Gasteiger partial charge < -0.3 is 5.32 Å². The van der Waals surface area contributed by atoms with Gasteiger partial charge in [-0.05, 0) is 0 Å². The van der Waals surface area contributed by atoms with Gasteiger partial charge >= 0.3 is 6.03 Å². The number of anilines is 1. The van der Waals surface area contributed by atoms with Gasteiger partial charge in [0, 0.05) is 45.9 Å². The van der Waals surface area contributed by atoms with E-state index in [0.717, 1.165) is 17.1 Å². The van der Waals surface area contributed by atoms with Crippen molar-refractivity contribution in [2.45, 2.75) is 6.92 Å². The molecule has 0 radical (unpaired) electrons. The zero-order valence-corrected chi connectivity index (χ0v) is 13.2. The van der Waals surface area contributed by atoms with Gasteiger partial charge in [0.1, 0.15) is 0 Å². The average molecular weight is 324 g/mol. The van der Waals surface area contributed by atoms with Gasteiger partial charge in [-0.1, -0.05) is 37.3 Å². The Bertz CT molecular complexity index is 616. The second kappa shape index (κ2) is 7.84. The first kappa shape index (κ1) is 15.6. The first-order valence-corrected chi connectivity index (χ1v) is 8.74. The second-order valence-electron chi connectivity index (χ2n) is 4.10. The molecule has 0 unspecified atom stereocenters. The highest BCUT2D eigenvalue weighted by atomic mass is 32.2. The Balaban J connectivity index is 1.85. The summed E-state index contributed by atoms with van der Waals surface area (Å²) in [5, 5.41) is 5.69. The zero-order chi connectivity index (χ0) is 15.1. The number of nitrogens with one attached hydrogen (secondary N) is 2. The van der Waals surface area contributed by atoms with Gasteiger partial charge in [0.05, 0.1) is 0 Å². The third kappa shape index (κ3) is 4.91. The normalized spacial score (nSPS) is 11.9. The molecule has 8 heteroatoms. The van der Waals surface area contributed by atoms with Crippen LogP contribution in [0.5, 0.6) is 0 Å². The summed E-state index contributed by atoms with van der Waals surface area (Å²) in [7, 11) is -0.879. The molecule has 0 fully saturated rings. The van der Waals surface area contributed by atoms with Crippen LogP contribution in [0.3, 0.4) is 0 Å². The number of amides is 2. The molecule has 112 valence electrons. The topological polar surface area (TPSA) is 84.0 Å². The van der Waals surface area contributed by atoms with Crippen LogP contribution in [0.15, 0.2) is 30.3 Å². The third-order valence-electron chi connectivity index (χ3n) is 2.62. The minimum atomic E-state index is -0.879. The van der Waals surface area contributed by atoms with E-state index < -0.39 is 10.8 Å². The van der Waals surface area contributed by atoms with E-state index in [1.807, 2.05) is 37.3 Å². The van der Waals surface area contributed by atoms with Gasteiger partial charge in [-0.2, -0.15) is 9.36 Å². The maximum absolute atomic E-state index is 11.6. The Labute approximate surface area is 129 Å². The van der Waals surface area contributed by atoms with E-state index in [1.54, 1.807) is 0 Å². The van der Waals surface area contributed by atoms with Crippen molar-refractivity contribution in [3.05, 3.63) is 30.3 Å². The molecule has 1 atom stereocenters. The van der Waals surface area contributed by atoms with Crippen molar-refractivity contribution in [2.24, 2.45) is 0 Å². The fourth-order valence-electron chi connectivity index (χ4n) is 1.54. The summed E-state index contributed by atoms with van der Waals surface area (Å²) in [4.78, 5) is 15.9. The van der Waals surface area contributed by atoms with Crippen LogP contribution in [0.1, 0.15) is 6.92 Å². The number of carbonyl (C=O) groups excluding carboxylic acids is 1. The lowest BCUT2D eigenvalue weighted by Crippen LogP contribution is -2.32. The van der Waals surface area contributed by atoms with E-state index in [4.69, 9.17) is 0 Å². The van der Waals surface area contributed by atoms with Crippen LogP contribution in [-0.4, -0.2) is 37.6 Å². The molecule has 1 aromatic carbocycles.